The van der Waals surface area contributed by atoms with Crippen molar-refractivity contribution in [2.75, 3.05) is 26.1 Å². The zero-order chi connectivity index (χ0) is 21.0. The minimum absolute atomic E-state index is 0.102. The van der Waals surface area contributed by atoms with Crippen molar-refractivity contribution in [3.8, 4) is 17.4 Å². The number of aromatic nitrogens is 3. The Morgan fingerprint density at radius 3 is 2.38 bits per heavy atom. The van der Waals surface area contributed by atoms with Crippen LogP contribution in [-0.2, 0) is 6.18 Å². The number of hydrogen-bond acceptors (Lipinski definition) is 7. The second kappa shape index (κ2) is 8.38. The van der Waals surface area contributed by atoms with Gasteiger partial charge < -0.3 is 19.5 Å². The topological polar surface area (TPSA) is 78.4 Å². The molecule has 0 radical (unpaired) electrons. The van der Waals surface area contributed by atoms with E-state index in [-0.39, 0.29) is 18.5 Å². The molecule has 0 saturated carbocycles. The van der Waals surface area contributed by atoms with Gasteiger partial charge in [0.25, 0.3) is 0 Å². The average molecular weight is 408 g/mol. The molecule has 1 N–H and O–H groups in total. The fraction of sp³-hybridized carbons (Fsp3) is 0.316. The van der Waals surface area contributed by atoms with Crippen LogP contribution >= 0.6 is 0 Å². The molecule has 2 aromatic heterocycles. The minimum Gasteiger partial charge on any atom is -0.493 e. The van der Waals surface area contributed by atoms with Gasteiger partial charge in [-0.1, -0.05) is 0 Å². The molecule has 2 heterocycles. The highest BCUT2D eigenvalue weighted by Gasteiger charge is 2.30. The summed E-state index contributed by atoms with van der Waals surface area (Å²) in [6, 6.07) is 5.41. The molecule has 0 aliphatic rings. The number of fused-ring (bicyclic) bond motifs is 1. The Bertz CT molecular complexity index is 981. The maximum absolute atomic E-state index is 12.6. The number of nitrogens with one attached hydrogen (secondary N) is 1. The van der Waals surface area contributed by atoms with Crippen LogP contribution < -0.4 is 19.5 Å². The molecule has 154 valence electrons. The second-order valence-electron chi connectivity index (χ2n) is 6.19. The molecular weight excluding hydrogens is 389 g/mol. The van der Waals surface area contributed by atoms with Crippen molar-refractivity contribution in [3.05, 3.63) is 42.4 Å². The first kappa shape index (κ1) is 20.4. The van der Waals surface area contributed by atoms with E-state index in [0.29, 0.717) is 22.8 Å². The lowest BCUT2D eigenvalue weighted by Crippen LogP contribution is -2.24. The number of nitrogens with zero attached hydrogens (tertiary/aromatic N) is 3. The van der Waals surface area contributed by atoms with E-state index in [9.17, 15) is 13.2 Å². The smallest absolute Gasteiger partial charge is 0.417 e. The van der Waals surface area contributed by atoms with Gasteiger partial charge in [-0.15, -0.1) is 0 Å². The summed E-state index contributed by atoms with van der Waals surface area (Å²) in [6.45, 7) is 2.01. The van der Waals surface area contributed by atoms with Crippen LogP contribution in [0.15, 0.2) is 36.8 Å². The van der Waals surface area contributed by atoms with Crippen molar-refractivity contribution in [2.24, 2.45) is 0 Å². The van der Waals surface area contributed by atoms with Gasteiger partial charge in [0.05, 0.1) is 31.3 Å². The summed E-state index contributed by atoms with van der Waals surface area (Å²) in [4.78, 5) is 12.2. The average Bonchev–Trinajstić information content (AvgIpc) is 2.71. The van der Waals surface area contributed by atoms with Gasteiger partial charge >= 0.3 is 6.18 Å². The summed E-state index contributed by atoms with van der Waals surface area (Å²) in [5.74, 6) is 1.75. The highest BCUT2D eigenvalue weighted by Crippen LogP contribution is 2.33. The van der Waals surface area contributed by atoms with Gasteiger partial charge in [-0.05, 0) is 19.1 Å². The number of halogens is 3. The van der Waals surface area contributed by atoms with Gasteiger partial charge in [-0.3, -0.25) is 0 Å². The number of alkyl halides is 3. The quantitative estimate of drug-likeness (QED) is 0.634. The van der Waals surface area contributed by atoms with E-state index in [4.69, 9.17) is 14.2 Å². The van der Waals surface area contributed by atoms with Crippen LogP contribution in [0.2, 0.25) is 0 Å². The first-order valence-corrected chi connectivity index (χ1v) is 8.61. The zero-order valence-corrected chi connectivity index (χ0v) is 15.9. The van der Waals surface area contributed by atoms with Gasteiger partial charge in [-0.25, -0.2) is 15.0 Å². The Hall–Kier alpha value is -3.30. The van der Waals surface area contributed by atoms with Crippen LogP contribution in [-0.4, -0.2) is 41.8 Å². The number of pyridine rings is 1. The van der Waals surface area contributed by atoms with Crippen molar-refractivity contribution < 1.29 is 27.4 Å². The molecule has 0 fully saturated rings. The normalized spacial score (nSPS) is 12.5. The molecule has 1 atom stereocenters. The highest BCUT2D eigenvalue weighted by atomic mass is 19.4. The molecule has 0 amide bonds. The van der Waals surface area contributed by atoms with Crippen molar-refractivity contribution >= 4 is 16.7 Å². The third kappa shape index (κ3) is 4.76. The predicted octanol–water partition coefficient (Wildman–Crippen LogP) is 3.94. The van der Waals surface area contributed by atoms with Crippen LogP contribution in [0.4, 0.5) is 19.0 Å². The van der Waals surface area contributed by atoms with Crippen molar-refractivity contribution in [3.63, 3.8) is 0 Å². The molecule has 29 heavy (non-hydrogen) atoms. The Morgan fingerprint density at radius 1 is 1.03 bits per heavy atom. The van der Waals surface area contributed by atoms with Crippen LogP contribution in [0.3, 0.4) is 0 Å². The number of rotatable bonds is 7. The number of benzene rings is 1. The van der Waals surface area contributed by atoms with Crippen LogP contribution in [0, 0.1) is 0 Å². The molecule has 7 nitrogen and oxygen atoms in total. The van der Waals surface area contributed by atoms with E-state index < -0.39 is 11.7 Å². The largest absolute Gasteiger partial charge is 0.493 e. The molecule has 0 spiro atoms. The van der Waals surface area contributed by atoms with Crippen molar-refractivity contribution in [1.29, 1.82) is 0 Å². The van der Waals surface area contributed by atoms with Gasteiger partial charge in [0.2, 0.25) is 5.88 Å². The summed E-state index contributed by atoms with van der Waals surface area (Å²) in [7, 11) is 3.08. The molecule has 10 heteroatoms. The molecular formula is C19H19F3N4O3. The molecule has 0 bridgehead atoms. The summed E-state index contributed by atoms with van der Waals surface area (Å²) < 4.78 is 53.8. The van der Waals surface area contributed by atoms with E-state index in [1.165, 1.54) is 19.5 Å². The second-order valence-corrected chi connectivity index (χ2v) is 6.19. The van der Waals surface area contributed by atoms with E-state index in [2.05, 4.69) is 20.3 Å². The summed E-state index contributed by atoms with van der Waals surface area (Å²) in [6.07, 6.45) is -2.27. The monoisotopic (exact) mass is 408 g/mol. The maximum atomic E-state index is 12.6. The fourth-order valence-electron chi connectivity index (χ4n) is 2.62. The van der Waals surface area contributed by atoms with Gasteiger partial charge in [-0.2, -0.15) is 13.2 Å². The zero-order valence-electron chi connectivity index (χ0n) is 15.9. The molecule has 0 unspecified atom stereocenters. The highest BCUT2D eigenvalue weighted by molar-refractivity contribution is 5.91. The van der Waals surface area contributed by atoms with Crippen molar-refractivity contribution in [1.82, 2.24) is 15.0 Å². The number of methoxy groups -OCH3 is 2. The van der Waals surface area contributed by atoms with Crippen molar-refractivity contribution in [2.45, 2.75) is 19.1 Å². The van der Waals surface area contributed by atoms with E-state index in [1.54, 1.807) is 19.2 Å². The first-order valence-electron chi connectivity index (χ1n) is 8.61. The molecule has 0 aliphatic heterocycles. The summed E-state index contributed by atoms with van der Waals surface area (Å²) >= 11 is 0. The standard InChI is InChI=1S/C19H19F3N4O3/c1-11(9-29-17-5-4-12(8-23-17)19(20,21)22)26-18-13-6-15(27-2)16(28-3)7-14(13)24-10-25-18/h4-8,10-11H,9H2,1-3H3,(H,24,25,26)/t11-/m1/s1. The molecule has 3 rings (SSSR count). The van der Waals surface area contributed by atoms with E-state index in [0.717, 1.165) is 17.6 Å². The summed E-state index contributed by atoms with van der Waals surface area (Å²) in [5, 5.41) is 3.93. The Kier molecular flexibility index (Phi) is 5.90. The lowest BCUT2D eigenvalue weighted by Gasteiger charge is -2.17. The lowest BCUT2D eigenvalue weighted by atomic mass is 10.2. The predicted molar refractivity (Wildman–Crippen MR) is 100 cm³/mol. The third-order valence-corrected chi connectivity index (χ3v) is 4.07. The molecule has 0 aliphatic carbocycles. The van der Waals surface area contributed by atoms with Crippen LogP contribution in [0.25, 0.3) is 10.9 Å². The number of ether oxygens (including phenoxy) is 3. The Balaban J connectivity index is 1.70. The van der Waals surface area contributed by atoms with Gasteiger partial charge in [0.1, 0.15) is 18.8 Å². The first-order chi connectivity index (χ1) is 13.8. The van der Waals surface area contributed by atoms with E-state index >= 15 is 0 Å². The van der Waals surface area contributed by atoms with Gasteiger partial charge in [0.15, 0.2) is 11.5 Å². The molecule has 1 aromatic carbocycles. The number of hydrogen-bond donors (Lipinski definition) is 1. The molecule has 0 saturated heterocycles. The Morgan fingerprint density at radius 2 is 1.76 bits per heavy atom. The SMILES string of the molecule is COc1cc2ncnc(N[C@H](C)COc3ccc(C(F)(F)F)cn3)c2cc1OC. The lowest BCUT2D eigenvalue weighted by molar-refractivity contribution is -0.137. The van der Waals surface area contributed by atoms with Crippen LogP contribution in [0.1, 0.15) is 12.5 Å². The van der Waals surface area contributed by atoms with Crippen LogP contribution in [0.5, 0.6) is 17.4 Å². The Labute approximate surface area is 164 Å². The van der Waals surface area contributed by atoms with E-state index in [1.807, 2.05) is 6.92 Å². The maximum Gasteiger partial charge on any atom is 0.417 e. The number of anilines is 1. The minimum atomic E-state index is -4.43. The third-order valence-electron chi connectivity index (χ3n) is 4.07. The summed E-state index contributed by atoms with van der Waals surface area (Å²) in [5.41, 5.74) is -0.162. The fourth-order valence-corrected chi connectivity index (χ4v) is 2.62. The van der Waals surface area contributed by atoms with Gasteiger partial charge in [0, 0.05) is 23.7 Å². The molecule has 3 aromatic rings.